The average Bonchev–Trinajstić information content (AvgIpc) is 2.90. The molecule has 0 aliphatic carbocycles. The third-order valence-electron chi connectivity index (χ3n) is 6.22. The second-order valence-electron chi connectivity index (χ2n) is 8.89. The number of rotatable bonds is 12. The molecule has 3 aromatic rings. The van der Waals surface area contributed by atoms with Gasteiger partial charge in [0.25, 0.3) is 0 Å². The van der Waals surface area contributed by atoms with Crippen molar-refractivity contribution >= 4 is 35.0 Å². The van der Waals surface area contributed by atoms with E-state index in [9.17, 15) is 19.1 Å². The summed E-state index contributed by atoms with van der Waals surface area (Å²) in [6.07, 6.45) is 2.26. The monoisotopic (exact) mass is 560 g/mol. The maximum atomic E-state index is 12.7. The van der Waals surface area contributed by atoms with Crippen molar-refractivity contribution in [3.8, 4) is 23.0 Å². The SMILES string of the molecule is O=C(CCCc1ccc(Cl)cc1OCCCF)c1ccc(Oc2cc3c(cc2Cl)C(C(=O)O)CCO3)cc1. The molecular formula is C29H27Cl2FO6. The molecule has 0 saturated heterocycles. The fourth-order valence-electron chi connectivity index (χ4n) is 4.25. The molecule has 0 saturated carbocycles. The molecule has 1 N–H and O–H groups in total. The number of carboxylic acid groups (broad SMARTS) is 1. The van der Waals surface area contributed by atoms with Crippen LogP contribution in [0, 0.1) is 0 Å². The van der Waals surface area contributed by atoms with E-state index in [0.717, 1.165) is 5.56 Å². The lowest BCUT2D eigenvalue weighted by atomic mass is 9.93. The Hall–Kier alpha value is -3.29. The number of aryl methyl sites for hydroxylation is 1. The van der Waals surface area contributed by atoms with Gasteiger partial charge in [-0.25, -0.2) is 0 Å². The molecular weight excluding hydrogens is 534 g/mol. The van der Waals surface area contributed by atoms with Crippen LogP contribution < -0.4 is 14.2 Å². The Kier molecular flexibility index (Phi) is 9.48. The van der Waals surface area contributed by atoms with Crippen molar-refractivity contribution in [3.63, 3.8) is 0 Å². The van der Waals surface area contributed by atoms with Crippen molar-refractivity contribution in [3.05, 3.63) is 81.3 Å². The number of fused-ring (bicyclic) bond motifs is 1. The molecule has 9 heteroatoms. The first-order valence-corrected chi connectivity index (χ1v) is 13.1. The first kappa shape index (κ1) is 27.7. The number of carbonyl (C=O) groups is 2. The van der Waals surface area contributed by atoms with Gasteiger partial charge in [-0.15, -0.1) is 0 Å². The van der Waals surface area contributed by atoms with Gasteiger partial charge in [0.15, 0.2) is 5.78 Å². The summed E-state index contributed by atoms with van der Waals surface area (Å²) in [4.78, 5) is 24.3. The Balaban J connectivity index is 1.35. The first-order valence-electron chi connectivity index (χ1n) is 12.3. The summed E-state index contributed by atoms with van der Waals surface area (Å²) in [6.45, 7) is 0.118. The third kappa shape index (κ3) is 6.97. The Morgan fingerprint density at radius 2 is 1.82 bits per heavy atom. The lowest BCUT2D eigenvalue weighted by Gasteiger charge is -2.24. The summed E-state index contributed by atoms with van der Waals surface area (Å²) in [5.74, 6) is 0.264. The van der Waals surface area contributed by atoms with Gasteiger partial charge in [0, 0.05) is 35.1 Å². The van der Waals surface area contributed by atoms with E-state index in [4.69, 9.17) is 37.4 Å². The van der Waals surface area contributed by atoms with E-state index in [1.165, 1.54) is 0 Å². The Morgan fingerprint density at radius 3 is 2.55 bits per heavy atom. The van der Waals surface area contributed by atoms with Crippen LogP contribution in [0.4, 0.5) is 4.39 Å². The number of ketones is 1. The summed E-state index contributed by atoms with van der Waals surface area (Å²) >= 11 is 12.4. The molecule has 0 spiro atoms. The highest BCUT2D eigenvalue weighted by Crippen LogP contribution is 2.41. The molecule has 3 aromatic carbocycles. The minimum Gasteiger partial charge on any atom is -0.493 e. The predicted molar refractivity (Wildman–Crippen MR) is 143 cm³/mol. The van der Waals surface area contributed by atoms with Crippen molar-refractivity contribution < 1.29 is 33.3 Å². The normalized spacial score (nSPS) is 14.3. The molecule has 0 amide bonds. The number of benzene rings is 3. The van der Waals surface area contributed by atoms with Crippen LogP contribution in [0.2, 0.25) is 10.0 Å². The molecule has 0 fully saturated rings. The summed E-state index contributed by atoms with van der Waals surface area (Å²) < 4.78 is 29.6. The molecule has 38 heavy (non-hydrogen) atoms. The van der Waals surface area contributed by atoms with Gasteiger partial charge in [-0.3, -0.25) is 14.0 Å². The van der Waals surface area contributed by atoms with Crippen LogP contribution in [-0.4, -0.2) is 36.7 Å². The number of halogens is 3. The van der Waals surface area contributed by atoms with Crippen LogP contribution >= 0.6 is 23.2 Å². The highest BCUT2D eigenvalue weighted by atomic mass is 35.5. The van der Waals surface area contributed by atoms with E-state index in [2.05, 4.69) is 0 Å². The van der Waals surface area contributed by atoms with Gasteiger partial charge in [-0.05, 0) is 67.3 Å². The van der Waals surface area contributed by atoms with Crippen molar-refractivity contribution in [1.82, 2.24) is 0 Å². The fourth-order valence-corrected chi connectivity index (χ4v) is 4.62. The zero-order valence-corrected chi connectivity index (χ0v) is 22.1. The van der Waals surface area contributed by atoms with Gasteiger partial charge >= 0.3 is 5.97 Å². The number of alkyl halides is 1. The number of hydrogen-bond acceptors (Lipinski definition) is 5. The minimum absolute atomic E-state index is 0.00895. The van der Waals surface area contributed by atoms with Crippen molar-refractivity contribution in [2.75, 3.05) is 19.9 Å². The zero-order valence-electron chi connectivity index (χ0n) is 20.6. The maximum absolute atomic E-state index is 12.7. The topological polar surface area (TPSA) is 82.1 Å². The summed E-state index contributed by atoms with van der Waals surface area (Å²) in [6, 6.07) is 15.2. The van der Waals surface area contributed by atoms with Gasteiger partial charge < -0.3 is 19.3 Å². The van der Waals surface area contributed by atoms with Crippen LogP contribution in [0.15, 0.2) is 54.6 Å². The van der Waals surface area contributed by atoms with Crippen molar-refractivity contribution in [2.45, 2.75) is 38.0 Å². The van der Waals surface area contributed by atoms with E-state index in [0.29, 0.717) is 77.9 Å². The second kappa shape index (κ2) is 13.0. The molecule has 1 unspecified atom stereocenters. The molecule has 1 heterocycles. The molecule has 6 nitrogen and oxygen atoms in total. The molecule has 1 aliphatic rings. The number of carbonyl (C=O) groups excluding carboxylic acids is 1. The van der Waals surface area contributed by atoms with Crippen LogP contribution in [0.3, 0.4) is 0 Å². The van der Waals surface area contributed by atoms with Gasteiger partial charge in [0.1, 0.15) is 23.0 Å². The predicted octanol–water partition coefficient (Wildman–Crippen LogP) is 7.68. The maximum Gasteiger partial charge on any atom is 0.311 e. The minimum atomic E-state index is -0.921. The van der Waals surface area contributed by atoms with Crippen LogP contribution in [0.5, 0.6) is 23.0 Å². The van der Waals surface area contributed by atoms with E-state index < -0.39 is 18.6 Å². The molecule has 0 radical (unpaired) electrons. The smallest absolute Gasteiger partial charge is 0.311 e. The Bertz CT molecular complexity index is 1290. The molecule has 0 bridgehead atoms. The van der Waals surface area contributed by atoms with E-state index in [-0.39, 0.29) is 17.4 Å². The molecule has 200 valence electrons. The lowest BCUT2D eigenvalue weighted by molar-refractivity contribution is -0.139. The summed E-state index contributed by atoms with van der Waals surface area (Å²) in [7, 11) is 0. The number of carboxylic acids is 1. The first-order chi connectivity index (χ1) is 18.4. The lowest BCUT2D eigenvalue weighted by Crippen LogP contribution is -2.20. The van der Waals surface area contributed by atoms with E-state index in [1.807, 2.05) is 6.07 Å². The van der Waals surface area contributed by atoms with Crippen molar-refractivity contribution in [1.29, 1.82) is 0 Å². The summed E-state index contributed by atoms with van der Waals surface area (Å²) in [5, 5.41) is 10.3. The summed E-state index contributed by atoms with van der Waals surface area (Å²) in [5.41, 5.74) is 2.00. The van der Waals surface area contributed by atoms with E-state index in [1.54, 1.807) is 48.5 Å². The Labute approximate surface area is 230 Å². The van der Waals surface area contributed by atoms with Crippen LogP contribution in [0.1, 0.15) is 53.1 Å². The van der Waals surface area contributed by atoms with Gasteiger partial charge in [-0.1, -0.05) is 29.3 Å². The van der Waals surface area contributed by atoms with E-state index >= 15 is 0 Å². The van der Waals surface area contributed by atoms with Crippen LogP contribution in [0.25, 0.3) is 0 Å². The highest BCUT2D eigenvalue weighted by Gasteiger charge is 2.29. The Morgan fingerprint density at radius 1 is 1.03 bits per heavy atom. The molecule has 0 aromatic heterocycles. The van der Waals surface area contributed by atoms with Gasteiger partial charge in [0.2, 0.25) is 0 Å². The number of ether oxygens (including phenoxy) is 3. The number of Topliss-reactive ketones (excluding diaryl/α,β-unsaturated/α-hetero) is 1. The van der Waals surface area contributed by atoms with Gasteiger partial charge in [0.05, 0.1) is 30.8 Å². The third-order valence-corrected chi connectivity index (χ3v) is 6.75. The van der Waals surface area contributed by atoms with Gasteiger partial charge in [-0.2, -0.15) is 0 Å². The fraction of sp³-hybridized carbons (Fsp3) is 0.310. The number of hydrogen-bond donors (Lipinski definition) is 1. The standard InChI is InChI=1S/C29H27Cl2FO6/c30-20-8-5-19(26(15-20)36-13-2-12-32)3-1-4-25(33)18-6-9-21(10-7-18)38-28-17-27-23(16-24(28)31)22(29(34)35)11-14-37-27/h5-10,15-17,22H,1-4,11-14H2,(H,34,35). The second-order valence-corrected chi connectivity index (χ2v) is 9.74. The molecule has 1 atom stereocenters. The highest BCUT2D eigenvalue weighted by molar-refractivity contribution is 6.32. The van der Waals surface area contributed by atoms with Crippen molar-refractivity contribution in [2.24, 2.45) is 0 Å². The largest absolute Gasteiger partial charge is 0.493 e. The number of aliphatic carboxylic acids is 1. The zero-order chi connectivity index (χ0) is 27.1. The molecule has 1 aliphatic heterocycles. The quantitative estimate of drug-likeness (QED) is 0.180. The molecule has 4 rings (SSSR count). The average molecular weight is 561 g/mol. The van der Waals surface area contributed by atoms with Crippen LogP contribution in [-0.2, 0) is 11.2 Å².